The van der Waals surface area contributed by atoms with Gasteiger partial charge < -0.3 is 40.5 Å². The number of guanidine groups is 1. The molecule has 0 aromatic rings. The Labute approximate surface area is 122 Å². The van der Waals surface area contributed by atoms with Gasteiger partial charge in [-0.05, 0) is 6.92 Å². The number of hydrogen-bond donors (Lipinski definition) is 4. The van der Waals surface area contributed by atoms with Gasteiger partial charge in [0, 0.05) is 14.2 Å². The number of methoxy groups -OCH3 is 1. The highest BCUT2D eigenvalue weighted by atomic mass is 16.6. The lowest BCUT2D eigenvalue weighted by atomic mass is 10.1. The Bertz CT molecular complexity index is 496. The van der Waals surface area contributed by atoms with Crippen LogP contribution in [0.15, 0.2) is 16.5 Å². The van der Waals surface area contributed by atoms with E-state index in [1.54, 1.807) is 12.0 Å². The lowest BCUT2D eigenvalue weighted by molar-refractivity contribution is -0.0753. The Morgan fingerprint density at radius 2 is 2.19 bits per heavy atom. The third kappa shape index (κ3) is 2.13. The van der Waals surface area contributed by atoms with Crippen molar-refractivity contribution >= 4 is 5.96 Å². The second-order valence-corrected chi connectivity index (χ2v) is 5.48. The van der Waals surface area contributed by atoms with Crippen molar-refractivity contribution in [2.75, 3.05) is 20.8 Å². The van der Waals surface area contributed by atoms with Gasteiger partial charge in [0.05, 0.1) is 12.8 Å². The largest absolute Gasteiger partial charge is 0.386 e. The molecule has 0 bridgehead atoms. The van der Waals surface area contributed by atoms with Gasteiger partial charge in [-0.1, -0.05) is 0 Å². The molecule has 1 saturated heterocycles. The van der Waals surface area contributed by atoms with E-state index in [0.29, 0.717) is 18.2 Å². The standard InChI is InChI=1S/C12H21N5O4/c1-5-8(20-3)7(18)11(21-5)17-4-16(2)6-9(17)14-12(13)15-10(6)19/h5,7-8,10-11,18-19H,4H2,1-3H3,(H3,13,14,15)/t5-,7?,8?,10?,11-/m0/s1. The van der Waals surface area contributed by atoms with Crippen molar-refractivity contribution in [1.82, 2.24) is 15.1 Å². The SMILES string of the molecule is COC1C(O)[C@@H](N2CN(C)C3=C2N=C(N)NC3O)O[C@H]1C. The molecule has 1 fully saturated rings. The molecule has 0 aromatic heterocycles. The monoisotopic (exact) mass is 299 g/mol. The molecule has 5 atom stereocenters. The third-order valence-corrected chi connectivity index (χ3v) is 4.07. The van der Waals surface area contributed by atoms with E-state index in [1.807, 2.05) is 18.9 Å². The summed E-state index contributed by atoms with van der Waals surface area (Å²) in [4.78, 5) is 7.86. The van der Waals surface area contributed by atoms with Crippen LogP contribution in [0.1, 0.15) is 6.92 Å². The average molecular weight is 299 g/mol. The number of nitrogens with one attached hydrogen (secondary N) is 1. The molecule has 5 N–H and O–H groups in total. The first-order valence-corrected chi connectivity index (χ1v) is 6.81. The van der Waals surface area contributed by atoms with Gasteiger partial charge in [0.15, 0.2) is 24.2 Å². The summed E-state index contributed by atoms with van der Waals surface area (Å²) < 4.78 is 11.1. The van der Waals surface area contributed by atoms with Gasteiger partial charge in [-0.25, -0.2) is 0 Å². The molecule has 21 heavy (non-hydrogen) atoms. The fourth-order valence-electron chi connectivity index (χ4n) is 3.10. The number of rotatable bonds is 2. The van der Waals surface area contributed by atoms with E-state index in [-0.39, 0.29) is 12.1 Å². The quantitative estimate of drug-likeness (QED) is 0.451. The van der Waals surface area contributed by atoms with Crippen LogP contribution in [0.5, 0.6) is 0 Å². The molecule has 3 heterocycles. The molecule has 0 saturated carbocycles. The molecule has 0 amide bonds. The summed E-state index contributed by atoms with van der Waals surface area (Å²) in [5, 5.41) is 23.1. The highest BCUT2D eigenvalue weighted by Gasteiger charge is 2.48. The summed E-state index contributed by atoms with van der Waals surface area (Å²) >= 11 is 0. The van der Waals surface area contributed by atoms with Gasteiger partial charge in [-0.2, -0.15) is 4.99 Å². The number of ether oxygens (including phenoxy) is 2. The van der Waals surface area contributed by atoms with Gasteiger partial charge in [-0.15, -0.1) is 0 Å². The van der Waals surface area contributed by atoms with Crippen LogP contribution >= 0.6 is 0 Å². The molecule has 0 aliphatic carbocycles. The fraction of sp³-hybridized carbons (Fsp3) is 0.750. The van der Waals surface area contributed by atoms with Crippen LogP contribution in [-0.2, 0) is 9.47 Å². The molecule has 0 spiro atoms. The number of likely N-dealkylation sites (N-methyl/N-ethyl adjacent to an activating group) is 1. The zero-order valence-corrected chi connectivity index (χ0v) is 12.2. The zero-order valence-electron chi connectivity index (χ0n) is 12.2. The molecule has 9 heteroatoms. The topological polar surface area (TPSA) is 116 Å². The summed E-state index contributed by atoms with van der Waals surface area (Å²) in [6.07, 6.45) is -2.98. The van der Waals surface area contributed by atoms with Gasteiger partial charge in [0.25, 0.3) is 0 Å². The maximum absolute atomic E-state index is 10.4. The van der Waals surface area contributed by atoms with Crippen LogP contribution in [-0.4, -0.2) is 77.6 Å². The number of aliphatic hydroxyl groups is 2. The second kappa shape index (κ2) is 5.02. The first-order chi connectivity index (χ1) is 9.93. The molecule has 3 aliphatic heterocycles. The lowest BCUT2D eigenvalue weighted by Gasteiger charge is -2.29. The van der Waals surface area contributed by atoms with Crippen LogP contribution in [0.2, 0.25) is 0 Å². The predicted molar refractivity (Wildman–Crippen MR) is 73.4 cm³/mol. The molecule has 3 aliphatic rings. The van der Waals surface area contributed by atoms with Crippen LogP contribution < -0.4 is 11.1 Å². The number of aliphatic hydroxyl groups excluding tert-OH is 2. The summed E-state index contributed by atoms with van der Waals surface area (Å²) in [6, 6.07) is 0. The van der Waals surface area contributed by atoms with Crippen LogP contribution in [0.3, 0.4) is 0 Å². The van der Waals surface area contributed by atoms with Crippen LogP contribution in [0.4, 0.5) is 0 Å². The summed E-state index contributed by atoms with van der Waals surface area (Å²) in [5.74, 6) is 0.639. The molecule has 0 aromatic carbocycles. The molecule has 118 valence electrons. The van der Waals surface area contributed by atoms with E-state index < -0.39 is 24.7 Å². The van der Waals surface area contributed by atoms with Crippen molar-refractivity contribution < 1.29 is 19.7 Å². The Kier molecular flexibility index (Phi) is 3.44. The Morgan fingerprint density at radius 1 is 1.48 bits per heavy atom. The number of hydrogen-bond acceptors (Lipinski definition) is 9. The highest BCUT2D eigenvalue weighted by molar-refractivity contribution is 5.80. The van der Waals surface area contributed by atoms with Crippen LogP contribution in [0, 0.1) is 0 Å². The van der Waals surface area contributed by atoms with Crippen molar-refractivity contribution in [2.24, 2.45) is 10.7 Å². The molecular formula is C12H21N5O4. The smallest absolute Gasteiger partial charge is 0.197 e. The molecule has 0 radical (unpaired) electrons. The Morgan fingerprint density at radius 3 is 2.81 bits per heavy atom. The minimum absolute atomic E-state index is 0.130. The van der Waals surface area contributed by atoms with Gasteiger partial charge in [0.1, 0.15) is 17.9 Å². The molecule has 3 unspecified atom stereocenters. The van der Waals surface area contributed by atoms with Crippen molar-refractivity contribution in [3.8, 4) is 0 Å². The number of aliphatic imine (C=N–C) groups is 1. The summed E-state index contributed by atoms with van der Waals surface area (Å²) in [5.41, 5.74) is 6.28. The van der Waals surface area contributed by atoms with Gasteiger partial charge in [-0.3, -0.25) is 0 Å². The molecule has 9 nitrogen and oxygen atoms in total. The van der Waals surface area contributed by atoms with Crippen molar-refractivity contribution in [1.29, 1.82) is 0 Å². The highest BCUT2D eigenvalue weighted by Crippen LogP contribution is 2.35. The first-order valence-electron chi connectivity index (χ1n) is 6.81. The van der Waals surface area contributed by atoms with Crippen molar-refractivity contribution in [2.45, 2.75) is 37.7 Å². The third-order valence-electron chi connectivity index (χ3n) is 4.07. The zero-order chi connectivity index (χ0) is 15.3. The lowest BCUT2D eigenvalue weighted by Crippen LogP contribution is -2.46. The van der Waals surface area contributed by atoms with E-state index in [2.05, 4.69) is 10.3 Å². The van der Waals surface area contributed by atoms with E-state index in [4.69, 9.17) is 15.2 Å². The maximum Gasteiger partial charge on any atom is 0.197 e. The van der Waals surface area contributed by atoms with E-state index in [9.17, 15) is 10.2 Å². The van der Waals surface area contributed by atoms with E-state index in [1.165, 1.54) is 0 Å². The van der Waals surface area contributed by atoms with E-state index in [0.717, 1.165) is 0 Å². The van der Waals surface area contributed by atoms with Crippen molar-refractivity contribution in [3.05, 3.63) is 11.5 Å². The Hall–Kier alpha value is -1.55. The average Bonchev–Trinajstić information content (AvgIpc) is 2.87. The van der Waals surface area contributed by atoms with E-state index >= 15 is 0 Å². The first kappa shape index (κ1) is 14.4. The minimum atomic E-state index is -0.929. The molecular weight excluding hydrogens is 278 g/mol. The van der Waals surface area contributed by atoms with Gasteiger partial charge in [0.2, 0.25) is 0 Å². The Balaban J connectivity index is 1.91. The summed E-state index contributed by atoms with van der Waals surface area (Å²) in [6.45, 7) is 2.28. The number of nitrogens with zero attached hydrogens (tertiary/aromatic N) is 3. The molecule has 3 rings (SSSR count). The predicted octanol–water partition coefficient (Wildman–Crippen LogP) is -2.28. The summed E-state index contributed by atoms with van der Waals surface area (Å²) in [7, 11) is 3.37. The normalized spacial score (nSPS) is 39.5. The second-order valence-electron chi connectivity index (χ2n) is 5.48. The fourth-order valence-corrected chi connectivity index (χ4v) is 3.10. The van der Waals surface area contributed by atoms with Gasteiger partial charge >= 0.3 is 0 Å². The van der Waals surface area contributed by atoms with Crippen LogP contribution in [0.25, 0.3) is 0 Å². The minimum Gasteiger partial charge on any atom is -0.386 e. The number of nitrogens with two attached hydrogens (primary N) is 1. The maximum atomic E-state index is 10.4. The van der Waals surface area contributed by atoms with Crippen molar-refractivity contribution in [3.63, 3.8) is 0 Å².